The van der Waals surface area contributed by atoms with Crippen LogP contribution in [0.25, 0.3) is 0 Å². The summed E-state index contributed by atoms with van der Waals surface area (Å²) in [6.07, 6.45) is 3.21. The van der Waals surface area contributed by atoms with E-state index in [2.05, 4.69) is 34.9 Å². The molecule has 0 bridgehead atoms. The van der Waals surface area contributed by atoms with Gasteiger partial charge in [0.2, 0.25) is 0 Å². The zero-order valence-corrected chi connectivity index (χ0v) is 9.83. The maximum atomic E-state index is 11.1. The second-order valence-electron chi connectivity index (χ2n) is 3.73. The minimum atomic E-state index is -0.0674. The van der Waals surface area contributed by atoms with E-state index in [1.165, 1.54) is 5.56 Å². The Balaban J connectivity index is 2.02. The second-order valence-corrected chi connectivity index (χ2v) is 3.73. The largest absolute Gasteiger partial charge is 0.338 e. The van der Waals surface area contributed by atoms with Crippen molar-refractivity contribution in [1.82, 2.24) is 10.6 Å². The average molecular weight is 220 g/mol. The van der Waals surface area contributed by atoms with Crippen molar-refractivity contribution in [1.29, 1.82) is 0 Å². The first kappa shape index (κ1) is 12.6. The molecule has 0 fully saturated rings. The molecule has 3 heteroatoms. The molecule has 1 aromatic rings. The van der Waals surface area contributed by atoms with Crippen molar-refractivity contribution in [2.75, 3.05) is 13.1 Å². The van der Waals surface area contributed by atoms with Crippen molar-refractivity contribution in [3.8, 4) is 0 Å². The molecule has 0 aromatic heterocycles. The number of rotatable bonds is 6. The van der Waals surface area contributed by atoms with E-state index in [0.29, 0.717) is 6.54 Å². The predicted octanol–water partition coefficient (Wildman–Crippen LogP) is 2.33. The normalized spacial score (nSPS) is 9.81. The van der Waals surface area contributed by atoms with Gasteiger partial charge in [-0.05, 0) is 31.7 Å². The highest BCUT2D eigenvalue weighted by Crippen LogP contribution is 2.03. The number of aryl methyl sites for hydroxylation is 1. The van der Waals surface area contributed by atoms with Gasteiger partial charge >= 0.3 is 6.03 Å². The van der Waals surface area contributed by atoms with Crippen LogP contribution in [-0.4, -0.2) is 19.1 Å². The first-order chi connectivity index (χ1) is 7.83. The quantitative estimate of drug-likeness (QED) is 0.710. The summed E-state index contributed by atoms with van der Waals surface area (Å²) in [5, 5.41) is 5.52. The summed E-state index contributed by atoms with van der Waals surface area (Å²) in [5.74, 6) is 0. The summed E-state index contributed by atoms with van der Waals surface area (Å²) in [4.78, 5) is 11.1. The van der Waals surface area contributed by atoms with E-state index in [1.807, 2.05) is 13.0 Å². The third-order valence-electron chi connectivity index (χ3n) is 2.36. The van der Waals surface area contributed by atoms with Crippen LogP contribution in [-0.2, 0) is 6.42 Å². The summed E-state index contributed by atoms with van der Waals surface area (Å²) < 4.78 is 0. The molecule has 0 atom stereocenters. The van der Waals surface area contributed by atoms with Gasteiger partial charge in [0.25, 0.3) is 0 Å². The fourth-order valence-corrected chi connectivity index (χ4v) is 1.52. The van der Waals surface area contributed by atoms with Gasteiger partial charge in [0.15, 0.2) is 0 Å². The monoisotopic (exact) mass is 220 g/mol. The summed E-state index contributed by atoms with van der Waals surface area (Å²) in [5.41, 5.74) is 1.36. The van der Waals surface area contributed by atoms with Crippen molar-refractivity contribution in [3.63, 3.8) is 0 Å². The number of nitrogens with one attached hydrogen (secondary N) is 2. The average Bonchev–Trinajstić information content (AvgIpc) is 2.30. The number of hydrogen-bond donors (Lipinski definition) is 2. The molecule has 88 valence electrons. The van der Waals surface area contributed by atoms with Crippen LogP contribution < -0.4 is 10.6 Å². The molecule has 0 heterocycles. The molecule has 0 saturated heterocycles. The molecule has 1 rings (SSSR count). The summed E-state index contributed by atoms with van der Waals surface area (Å²) >= 11 is 0. The topological polar surface area (TPSA) is 41.1 Å². The smallest absolute Gasteiger partial charge is 0.314 e. The molecule has 1 aromatic carbocycles. The molecule has 0 aliphatic rings. The number of carbonyl (C=O) groups excluding carboxylic acids is 1. The second kappa shape index (κ2) is 7.74. The molecule has 0 radical (unpaired) electrons. The molecule has 0 unspecified atom stereocenters. The SMILES string of the molecule is CCNC(=O)NCCCCc1ccccc1. The Hall–Kier alpha value is -1.51. The number of carbonyl (C=O) groups is 1. The predicted molar refractivity (Wildman–Crippen MR) is 66.5 cm³/mol. The Kier molecular flexibility index (Phi) is 6.07. The lowest BCUT2D eigenvalue weighted by atomic mass is 10.1. The van der Waals surface area contributed by atoms with E-state index in [1.54, 1.807) is 0 Å². The fraction of sp³-hybridized carbons (Fsp3) is 0.462. The van der Waals surface area contributed by atoms with Crippen molar-refractivity contribution in [2.24, 2.45) is 0 Å². The van der Waals surface area contributed by atoms with E-state index in [9.17, 15) is 4.79 Å². The van der Waals surface area contributed by atoms with Crippen LogP contribution in [0.1, 0.15) is 25.3 Å². The first-order valence-electron chi connectivity index (χ1n) is 5.88. The van der Waals surface area contributed by atoms with E-state index < -0.39 is 0 Å². The maximum Gasteiger partial charge on any atom is 0.314 e. The van der Waals surface area contributed by atoms with Crippen LogP contribution in [0.3, 0.4) is 0 Å². The number of unbranched alkanes of at least 4 members (excludes halogenated alkanes) is 1. The molecule has 0 aliphatic carbocycles. The minimum Gasteiger partial charge on any atom is -0.338 e. The Morgan fingerprint density at radius 3 is 2.56 bits per heavy atom. The number of benzene rings is 1. The molecule has 0 spiro atoms. The summed E-state index contributed by atoms with van der Waals surface area (Å²) in [6, 6.07) is 10.3. The lowest BCUT2D eigenvalue weighted by Gasteiger charge is -2.05. The Bertz CT molecular complexity index is 298. The fourth-order valence-electron chi connectivity index (χ4n) is 1.52. The summed E-state index contributed by atoms with van der Waals surface area (Å²) in [6.45, 7) is 3.34. The molecule has 0 aliphatic heterocycles. The van der Waals surface area contributed by atoms with Crippen LogP contribution in [0.15, 0.2) is 30.3 Å². The zero-order valence-electron chi connectivity index (χ0n) is 9.83. The zero-order chi connectivity index (χ0) is 11.6. The van der Waals surface area contributed by atoms with Crippen LogP contribution in [0.5, 0.6) is 0 Å². The van der Waals surface area contributed by atoms with Gasteiger partial charge in [-0.2, -0.15) is 0 Å². The van der Waals surface area contributed by atoms with Gasteiger partial charge in [0.1, 0.15) is 0 Å². The molecule has 0 saturated carbocycles. The standard InChI is InChI=1S/C13H20N2O/c1-2-14-13(16)15-11-7-6-10-12-8-4-3-5-9-12/h3-5,8-9H,2,6-7,10-11H2,1H3,(H2,14,15,16). The number of amides is 2. The van der Waals surface area contributed by atoms with E-state index in [4.69, 9.17) is 0 Å². The van der Waals surface area contributed by atoms with Crippen molar-refractivity contribution in [2.45, 2.75) is 26.2 Å². The highest BCUT2D eigenvalue weighted by molar-refractivity contribution is 5.73. The highest BCUT2D eigenvalue weighted by atomic mass is 16.2. The van der Waals surface area contributed by atoms with Gasteiger partial charge in [-0.25, -0.2) is 4.79 Å². The van der Waals surface area contributed by atoms with Gasteiger partial charge in [-0.1, -0.05) is 30.3 Å². The third-order valence-corrected chi connectivity index (χ3v) is 2.36. The van der Waals surface area contributed by atoms with Gasteiger partial charge in [0.05, 0.1) is 0 Å². The Labute approximate surface area is 97.2 Å². The van der Waals surface area contributed by atoms with Crippen LogP contribution in [0, 0.1) is 0 Å². The molecular weight excluding hydrogens is 200 g/mol. The minimum absolute atomic E-state index is 0.0674. The van der Waals surface area contributed by atoms with Crippen molar-refractivity contribution < 1.29 is 4.79 Å². The van der Waals surface area contributed by atoms with Gasteiger partial charge in [0, 0.05) is 13.1 Å². The molecular formula is C13H20N2O. The maximum absolute atomic E-state index is 11.1. The summed E-state index contributed by atoms with van der Waals surface area (Å²) in [7, 11) is 0. The lowest BCUT2D eigenvalue weighted by molar-refractivity contribution is 0.241. The van der Waals surface area contributed by atoms with E-state index >= 15 is 0 Å². The highest BCUT2D eigenvalue weighted by Gasteiger charge is 1.96. The third kappa shape index (κ3) is 5.39. The van der Waals surface area contributed by atoms with Crippen molar-refractivity contribution >= 4 is 6.03 Å². The van der Waals surface area contributed by atoms with Gasteiger partial charge < -0.3 is 10.6 Å². The number of hydrogen-bond acceptors (Lipinski definition) is 1. The van der Waals surface area contributed by atoms with Crippen LogP contribution >= 0.6 is 0 Å². The number of urea groups is 1. The lowest BCUT2D eigenvalue weighted by Crippen LogP contribution is -2.35. The van der Waals surface area contributed by atoms with Crippen LogP contribution in [0.4, 0.5) is 4.79 Å². The van der Waals surface area contributed by atoms with Crippen LogP contribution in [0.2, 0.25) is 0 Å². The van der Waals surface area contributed by atoms with E-state index in [0.717, 1.165) is 25.8 Å². The first-order valence-corrected chi connectivity index (χ1v) is 5.88. The molecule has 2 amide bonds. The van der Waals surface area contributed by atoms with Gasteiger partial charge in [-0.15, -0.1) is 0 Å². The van der Waals surface area contributed by atoms with Gasteiger partial charge in [-0.3, -0.25) is 0 Å². The van der Waals surface area contributed by atoms with E-state index in [-0.39, 0.29) is 6.03 Å². The van der Waals surface area contributed by atoms with Crippen molar-refractivity contribution in [3.05, 3.63) is 35.9 Å². The molecule has 3 nitrogen and oxygen atoms in total. The molecule has 2 N–H and O–H groups in total. The Morgan fingerprint density at radius 2 is 1.88 bits per heavy atom. The molecule has 16 heavy (non-hydrogen) atoms. The Morgan fingerprint density at radius 1 is 1.12 bits per heavy atom.